The third-order valence-electron chi connectivity index (χ3n) is 2.21. The highest BCUT2D eigenvalue weighted by Crippen LogP contribution is 2.30. The Bertz CT molecular complexity index is 515. The van der Waals surface area contributed by atoms with Crippen molar-refractivity contribution >= 4 is 27.5 Å². The normalized spacial score (nSPS) is 10.5. The van der Waals surface area contributed by atoms with Crippen molar-refractivity contribution in [1.82, 2.24) is 15.0 Å². The molecule has 0 saturated carbocycles. The topological polar surface area (TPSA) is 39.9 Å². The maximum Gasteiger partial charge on any atom is 0.138 e. The second-order valence-corrected chi connectivity index (χ2v) is 4.66. The molecule has 2 rings (SSSR count). The lowest BCUT2D eigenvalue weighted by Crippen LogP contribution is -1.99. The Hall–Kier alpha value is -1.07. The molecular formula is C11H11BrClN3O. The van der Waals surface area contributed by atoms with Gasteiger partial charge in [0.25, 0.3) is 0 Å². The maximum absolute atomic E-state index is 5.86. The molecule has 1 heterocycles. The third kappa shape index (κ3) is 2.98. The Balaban J connectivity index is 2.13. The van der Waals surface area contributed by atoms with Crippen molar-refractivity contribution in [2.45, 2.75) is 12.5 Å². The van der Waals surface area contributed by atoms with Gasteiger partial charge < -0.3 is 4.74 Å². The molecule has 0 aliphatic heterocycles. The van der Waals surface area contributed by atoms with Gasteiger partial charge in [-0.2, -0.15) is 0 Å². The van der Waals surface area contributed by atoms with Gasteiger partial charge in [-0.05, 0) is 22.0 Å². The lowest BCUT2D eigenvalue weighted by atomic mass is 10.2. The highest BCUT2D eigenvalue weighted by molar-refractivity contribution is 9.10. The minimum absolute atomic E-state index is 0.375. The Labute approximate surface area is 113 Å². The van der Waals surface area contributed by atoms with Gasteiger partial charge in [0.05, 0.1) is 16.5 Å². The van der Waals surface area contributed by atoms with E-state index in [0.29, 0.717) is 12.5 Å². The highest BCUT2D eigenvalue weighted by atomic mass is 79.9. The van der Waals surface area contributed by atoms with Crippen molar-refractivity contribution in [3.05, 3.63) is 40.1 Å². The predicted molar refractivity (Wildman–Crippen MR) is 69.0 cm³/mol. The van der Waals surface area contributed by atoms with Gasteiger partial charge >= 0.3 is 0 Å². The molecule has 0 unspecified atom stereocenters. The summed E-state index contributed by atoms with van der Waals surface area (Å²) < 4.78 is 8.24. The first-order valence-corrected chi connectivity index (χ1v) is 6.35. The number of nitrogens with zero attached hydrogens (tertiary/aromatic N) is 3. The summed E-state index contributed by atoms with van der Waals surface area (Å²) in [5.41, 5.74) is 1.73. The number of hydrogen-bond donors (Lipinski definition) is 0. The quantitative estimate of drug-likeness (QED) is 0.814. The molecule has 0 spiro atoms. The number of ether oxygens (including phenoxy) is 1. The molecule has 0 amide bonds. The number of aromatic nitrogens is 3. The van der Waals surface area contributed by atoms with Crippen LogP contribution in [0, 0.1) is 0 Å². The average molecular weight is 317 g/mol. The number of halogens is 2. The summed E-state index contributed by atoms with van der Waals surface area (Å²) in [6.07, 6.45) is 1.82. The molecule has 2 aromatic rings. The third-order valence-corrected chi connectivity index (χ3v) is 3.12. The first kappa shape index (κ1) is 12.4. The van der Waals surface area contributed by atoms with Crippen LogP contribution in [0.3, 0.4) is 0 Å². The molecule has 0 radical (unpaired) electrons. The van der Waals surface area contributed by atoms with E-state index in [0.717, 1.165) is 21.5 Å². The molecule has 0 aliphatic rings. The van der Waals surface area contributed by atoms with E-state index < -0.39 is 0 Å². The van der Waals surface area contributed by atoms with Crippen LogP contribution in [0.15, 0.2) is 28.9 Å². The van der Waals surface area contributed by atoms with Gasteiger partial charge in [0.2, 0.25) is 0 Å². The summed E-state index contributed by atoms with van der Waals surface area (Å²) in [5.74, 6) is 1.17. The zero-order valence-corrected chi connectivity index (χ0v) is 11.6. The summed E-state index contributed by atoms with van der Waals surface area (Å²) >= 11 is 9.30. The lowest BCUT2D eigenvalue weighted by molar-refractivity contribution is 0.297. The molecule has 17 heavy (non-hydrogen) atoms. The minimum Gasteiger partial charge on any atom is -0.486 e. The van der Waals surface area contributed by atoms with Crippen LogP contribution in [0.4, 0.5) is 0 Å². The molecule has 0 N–H and O–H groups in total. The molecule has 1 aromatic heterocycles. The highest BCUT2D eigenvalue weighted by Gasteiger charge is 2.08. The standard InChI is InChI=1S/C11H11BrClN3O/c1-16-6-9(14-15-16)7-17-11-8(5-13)3-2-4-10(11)12/h2-4,6H,5,7H2,1H3. The first-order chi connectivity index (χ1) is 8.20. The molecule has 0 aliphatic carbocycles. The van der Waals surface area contributed by atoms with E-state index >= 15 is 0 Å². The van der Waals surface area contributed by atoms with E-state index in [1.807, 2.05) is 31.4 Å². The molecule has 0 bridgehead atoms. The molecule has 0 fully saturated rings. The van der Waals surface area contributed by atoms with Gasteiger partial charge in [-0.1, -0.05) is 17.3 Å². The first-order valence-electron chi connectivity index (χ1n) is 5.02. The van der Waals surface area contributed by atoms with Crippen LogP contribution in [0.1, 0.15) is 11.3 Å². The van der Waals surface area contributed by atoms with Crippen LogP contribution < -0.4 is 4.74 Å². The van der Waals surface area contributed by atoms with E-state index in [9.17, 15) is 0 Å². The van der Waals surface area contributed by atoms with Crippen molar-refractivity contribution in [2.24, 2.45) is 7.05 Å². The monoisotopic (exact) mass is 315 g/mol. The van der Waals surface area contributed by atoms with Crippen molar-refractivity contribution in [2.75, 3.05) is 0 Å². The van der Waals surface area contributed by atoms with Crippen LogP contribution in [0.2, 0.25) is 0 Å². The summed E-state index contributed by atoms with van der Waals surface area (Å²) in [6, 6.07) is 5.78. The molecular weight excluding hydrogens is 305 g/mol. The van der Waals surface area contributed by atoms with Crippen molar-refractivity contribution in [1.29, 1.82) is 0 Å². The lowest BCUT2D eigenvalue weighted by Gasteiger charge is -2.10. The molecule has 1 aromatic carbocycles. The molecule has 0 atom stereocenters. The molecule has 90 valence electrons. The fourth-order valence-electron chi connectivity index (χ4n) is 1.43. The summed E-state index contributed by atoms with van der Waals surface area (Å²) in [7, 11) is 1.82. The molecule has 4 nitrogen and oxygen atoms in total. The Morgan fingerprint density at radius 1 is 1.47 bits per heavy atom. The summed E-state index contributed by atoms with van der Waals surface area (Å²) in [5, 5.41) is 7.80. The number of benzene rings is 1. The SMILES string of the molecule is Cn1cc(COc2c(Br)cccc2CCl)nn1. The Morgan fingerprint density at radius 2 is 2.29 bits per heavy atom. The van der Waals surface area contributed by atoms with Crippen molar-refractivity contribution in [3.63, 3.8) is 0 Å². The van der Waals surface area contributed by atoms with Crippen LogP contribution in [0.25, 0.3) is 0 Å². The number of rotatable bonds is 4. The van der Waals surface area contributed by atoms with Gasteiger partial charge in [0, 0.05) is 12.6 Å². The van der Waals surface area contributed by atoms with Crippen molar-refractivity contribution in [3.8, 4) is 5.75 Å². The van der Waals surface area contributed by atoms with E-state index in [4.69, 9.17) is 16.3 Å². The van der Waals surface area contributed by atoms with Gasteiger partial charge in [-0.3, -0.25) is 4.68 Å². The fourth-order valence-corrected chi connectivity index (χ4v) is 2.16. The number of hydrogen-bond acceptors (Lipinski definition) is 3. The summed E-state index contributed by atoms with van der Waals surface area (Å²) in [4.78, 5) is 0. The maximum atomic E-state index is 5.86. The predicted octanol–water partition coefficient (Wildman–Crippen LogP) is 2.90. The van der Waals surface area contributed by atoms with E-state index in [-0.39, 0.29) is 0 Å². The largest absolute Gasteiger partial charge is 0.486 e. The van der Waals surface area contributed by atoms with Crippen molar-refractivity contribution < 1.29 is 4.74 Å². The van der Waals surface area contributed by atoms with E-state index in [1.54, 1.807) is 4.68 Å². The number of para-hydroxylation sites is 1. The van der Waals surface area contributed by atoms with Gasteiger partial charge in [0.15, 0.2) is 0 Å². The Morgan fingerprint density at radius 3 is 2.94 bits per heavy atom. The molecule has 6 heteroatoms. The van der Waals surface area contributed by atoms with E-state index in [2.05, 4.69) is 26.2 Å². The zero-order valence-electron chi connectivity index (χ0n) is 9.23. The second kappa shape index (κ2) is 5.51. The van der Waals surface area contributed by atoms with Crippen LogP contribution in [0.5, 0.6) is 5.75 Å². The smallest absolute Gasteiger partial charge is 0.138 e. The number of alkyl halides is 1. The van der Waals surface area contributed by atoms with E-state index in [1.165, 1.54) is 0 Å². The zero-order chi connectivity index (χ0) is 12.3. The minimum atomic E-state index is 0.375. The van der Waals surface area contributed by atoms with Gasteiger partial charge in [0.1, 0.15) is 18.1 Å². The molecule has 0 saturated heterocycles. The number of aryl methyl sites for hydroxylation is 1. The van der Waals surface area contributed by atoms with Crippen LogP contribution >= 0.6 is 27.5 Å². The van der Waals surface area contributed by atoms with Gasteiger partial charge in [-0.15, -0.1) is 16.7 Å². The second-order valence-electron chi connectivity index (χ2n) is 3.53. The Kier molecular flexibility index (Phi) is 4.02. The van der Waals surface area contributed by atoms with Gasteiger partial charge in [-0.25, -0.2) is 0 Å². The summed E-state index contributed by atoms with van der Waals surface area (Å²) in [6.45, 7) is 0.375. The van der Waals surface area contributed by atoms with Crippen LogP contribution in [-0.2, 0) is 19.5 Å². The fraction of sp³-hybridized carbons (Fsp3) is 0.273. The average Bonchev–Trinajstić information content (AvgIpc) is 2.73. The van der Waals surface area contributed by atoms with Crippen LogP contribution in [-0.4, -0.2) is 15.0 Å².